The summed E-state index contributed by atoms with van der Waals surface area (Å²) in [6, 6.07) is 3.35. The van der Waals surface area contributed by atoms with E-state index in [-0.39, 0.29) is 12.2 Å². The average molecular weight is 206 g/mol. The summed E-state index contributed by atoms with van der Waals surface area (Å²) in [6.45, 7) is 0.165. The zero-order chi connectivity index (χ0) is 11.0. The summed E-state index contributed by atoms with van der Waals surface area (Å²) in [6.07, 6.45) is 1.69. The summed E-state index contributed by atoms with van der Waals surface area (Å²) in [5.74, 6) is -0.625. The van der Waals surface area contributed by atoms with E-state index in [2.05, 4.69) is 4.98 Å². The van der Waals surface area contributed by atoms with Gasteiger partial charge in [0.1, 0.15) is 11.3 Å². The van der Waals surface area contributed by atoms with Gasteiger partial charge >= 0.3 is 5.97 Å². The van der Waals surface area contributed by atoms with Crippen molar-refractivity contribution in [1.82, 2.24) is 9.38 Å². The van der Waals surface area contributed by atoms with Gasteiger partial charge in [0.2, 0.25) is 0 Å². The number of fused-ring (bicyclic) bond motifs is 1. The maximum Gasteiger partial charge on any atom is 0.356 e. The van der Waals surface area contributed by atoms with Gasteiger partial charge < -0.3 is 16.6 Å². The number of pyridine rings is 1. The number of imidazole rings is 1. The summed E-state index contributed by atoms with van der Waals surface area (Å²) in [4.78, 5) is 14.9. The third kappa shape index (κ3) is 1.31. The fourth-order valence-electron chi connectivity index (χ4n) is 1.52. The van der Waals surface area contributed by atoms with Crippen LogP contribution in [-0.2, 0) is 6.54 Å². The van der Waals surface area contributed by atoms with Crippen molar-refractivity contribution in [3.63, 3.8) is 0 Å². The predicted octanol–water partition coefficient (Wildman–Crippen LogP) is 0.0734. The number of aromatic nitrogens is 2. The monoisotopic (exact) mass is 206 g/mol. The molecule has 2 aromatic heterocycles. The molecule has 0 spiro atoms. The highest BCUT2D eigenvalue weighted by molar-refractivity contribution is 5.97. The smallest absolute Gasteiger partial charge is 0.356 e. The molecule has 0 aliphatic carbocycles. The van der Waals surface area contributed by atoms with E-state index in [0.29, 0.717) is 17.0 Å². The molecular formula is C9H10N4O2. The molecule has 0 amide bonds. The first kappa shape index (κ1) is 9.47. The van der Waals surface area contributed by atoms with Crippen LogP contribution in [0.1, 0.15) is 16.3 Å². The number of aromatic carboxylic acids is 1. The minimum Gasteiger partial charge on any atom is -0.476 e. The van der Waals surface area contributed by atoms with Crippen LogP contribution in [0.3, 0.4) is 0 Å². The lowest BCUT2D eigenvalue weighted by Gasteiger charge is -2.00. The van der Waals surface area contributed by atoms with Gasteiger partial charge in [-0.15, -0.1) is 0 Å². The number of nitrogen functional groups attached to an aromatic ring is 1. The Labute approximate surface area is 85.1 Å². The molecule has 2 aromatic rings. The van der Waals surface area contributed by atoms with E-state index in [9.17, 15) is 4.79 Å². The van der Waals surface area contributed by atoms with Gasteiger partial charge in [-0.3, -0.25) is 4.40 Å². The van der Waals surface area contributed by atoms with E-state index in [4.69, 9.17) is 16.6 Å². The standard InChI is InChI=1S/C9H10N4O2/c10-4-6-12-7(9(14)15)8-5(11)2-1-3-13(6)8/h1-3H,4,10-11H2,(H,14,15). The molecule has 0 unspecified atom stereocenters. The Hall–Kier alpha value is -2.08. The molecule has 0 aliphatic rings. The van der Waals surface area contributed by atoms with Crippen LogP contribution in [0, 0.1) is 0 Å². The van der Waals surface area contributed by atoms with E-state index in [1.165, 1.54) is 0 Å². The summed E-state index contributed by atoms with van der Waals surface area (Å²) >= 11 is 0. The molecule has 0 radical (unpaired) electrons. The summed E-state index contributed by atoms with van der Waals surface area (Å²) in [5.41, 5.74) is 11.9. The third-order valence-corrected chi connectivity index (χ3v) is 2.15. The SMILES string of the molecule is NCc1nc(C(=O)O)c2c(N)cccn12. The van der Waals surface area contributed by atoms with Gasteiger partial charge in [0, 0.05) is 6.20 Å². The van der Waals surface area contributed by atoms with Gasteiger partial charge in [-0.05, 0) is 12.1 Å². The van der Waals surface area contributed by atoms with Crippen molar-refractivity contribution in [2.45, 2.75) is 6.54 Å². The molecule has 0 fully saturated rings. The lowest BCUT2D eigenvalue weighted by atomic mass is 10.3. The van der Waals surface area contributed by atoms with Crippen LogP contribution in [0.15, 0.2) is 18.3 Å². The predicted molar refractivity (Wildman–Crippen MR) is 54.5 cm³/mol. The number of anilines is 1. The van der Waals surface area contributed by atoms with Crippen molar-refractivity contribution < 1.29 is 9.90 Å². The topological polar surface area (TPSA) is 107 Å². The molecule has 0 aliphatic heterocycles. The van der Waals surface area contributed by atoms with Crippen LogP contribution < -0.4 is 11.5 Å². The molecule has 15 heavy (non-hydrogen) atoms. The molecular weight excluding hydrogens is 196 g/mol. The van der Waals surface area contributed by atoms with Crippen LogP contribution in [0.5, 0.6) is 0 Å². The van der Waals surface area contributed by atoms with Gasteiger partial charge in [0.05, 0.1) is 12.2 Å². The number of rotatable bonds is 2. The molecule has 0 atom stereocenters. The van der Waals surface area contributed by atoms with Crippen molar-refractivity contribution in [3.05, 3.63) is 29.8 Å². The van der Waals surface area contributed by atoms with Gasteiger partial charge in [-0.25, -0.2) is 9.78 Å². The Kier molecular flexibility index (Phi) is 2.05. The minimum atomic E-state index is -1.11. The van der Waals surface area contributed by atoms with Crippen LogP contribution >= 0.6 is 0 Å². The fraction of sp³-hybridized carbons (Fsp3) is 0.111. The number of nitrogens with zero attached hydrogens (tertiary/aromatic N) is 2. The zero-order valence-electron chi connectivity index (χ0n) is 7.84. The lowest BCUT2D eigenvalue weighted by Crippen LogP contribution is -2.02. The number of carboxylic acids is 1. The zero-order valence-corrected chi connectivity index (χ0v) is 7.84. The average Bonchev–Trinajstić information content (AvgIpc) is 2.58. The highest BCUT2D eigenvalue weighted by atomic mass is 16.4. The molecule has 0 saturated carbocycles. The first-order chi connectivity index (χ1) is 7.15. The Morgan fingerprint density at radius 3 is 2.93 bits per heavy atom. The molecule has 6 heteroatoms. The summed E-state index contributed by atoms with van der Waals surface area (Å²) < 4.78 is 1.60. The molecule has 0 saturated heterocycles. The van der Waals surface area contributed by atoms with E-state index in [1.54, 1.807) is 22.7 Å². The molecule has 78 valence electrons. The van der Waals surface area contributed by atoms with E-state index < -0.39 is 5.97 Å². The lowest BCUT2D eigenvalue weighted by molar-refractivity contribution is 0.0693. The third-order valence-electron chi connectivity index (χ3n) is 2.15. The molecule has 6 nitrogen and oxygen atoms in total. The van der Waals surface area contributed by atoms with Gasteiger partial charge in [0.15, 0.2) is 5.69 Å². The Morgan fingerprint density at radius 1 is 1.60 bits per heavy atom. The number of hydrogen-bond donors (Lipinski definition) is 3. The number of nitrogens with two attached hydrogens (primary N) is 2. The second kappa shape index (κ2) is 3.25. The molecule has 5 N–H and O–H groups in total. The number of carboxylic acid groups (broad SMARTS) is 1. The Morgan fingerprint density at radius 2 is 2.33 bits per heavy atom. The van der Waals surface area contributed by atoms with Crippen LogP contribution in [0.4, 0.5) is 5.69 Å². The second-order valence-corrected chi connectivity index (χ2v) is 3.07. The molecule has 2 heterocycles. The van der Waals surface area contributed by atoms with Crippen molar-refractivity contribution in [3.8, 4) is 0 Å². The minimum absolute atomic E-state index is 0.0615. The van der Waals surface area contributed by atoms with Crippen molar-refractivity contribution in [2.75, 3.05) is 5.73 Å². The molecule has 0 bridgehead atoms. The first-order valence-electron chi connectivity index (χ1n) is 4.34. The van der Waals surface area contributed by atoms with E-state index in [1.807, 2.05) is 0 Å². The first-order valence-corrected chi connectivity index (χ1v) is 4.34. The number of carbonyl (C=O) groups is 1. The molecule has 2 rings (SSSR count). The van der Waals surface area contributed by atoms with E-state index in [0.717, 1.165) is 0 Å². The van der Waals surface area contributed by atoms with Gasteiger partial charge in [-0.1, -0.05) is 0 Å². The maximum atomic E-state index is 10.9. The van der Waals surface area contributed by atoms with Gasteiger partial charge in [0.25, 0.3) is 0 Å². The van der Waals surface area contributed by atoms with E-state index >= 15 is 0 Å². The Balaban J connectivity index is 2.88. The highest BCUT2D eigenvalue weighted by Crippen LogP contribution is 2.19. The van der Waals surface area contributed by atoms with Crippen molar-refractivity contribution in [2.24, 2.45) is 5.73 Å². The Bertz CT molecular complexity index is 532. The van der Waals surface area contributed by atoms with Gasteiger partial charge in [-0.2, -0.15) is 0 Å². The van der Waals surface area contributed by atoms with Crippen molar-refractivity contribution >= 4 is 17.2 Å². The summed E-state index contributed by atoms with van der Waals surface area (Å²) in [5, 5.41) is 8.94. The largest absolute Gasteiger partial charge is 0.476 e. The van der Waals surface area contributed by atoms with Crippen LogP contribution in [0.25, 0.3) is 5.52 Å². The van der Waals surface area contributed by atoms with Crippen LogP contribution in [-0.4, -0.2) is 20.5 Å². The molecule has 0 aromatic carbocycles. The quantitative estimate of drug-likeness (QED) is 0.644. The van der Waals surface area contributed by atoms with Crippen LogP contribution in [0.2, 0.25) is 0 Å². The normalized spacial score (nSPS) is 10.7. The second-order valence-electron chi connectivity index (χ2n) is 3.07. The fourth-order valence-corrected chi connectivity index (χ4v) is 1.52. The highest BCUT2D eigenvalue weighted by Gasteiger charge is 2.17. The number of hydrogen-bond acceptors (Lipinski definition) is 4. The van der Waals surface area contributed by atoms with Crippen molar-refractivity contribution in [1.29, 1.82) is 0 Å². The maximum absolute atomic E-state index is 10.9. The summed E-state index contributed by atoms with van der Waals surface area (Å²) in [7, 11) is 0.